The highest BCUT2D eigenvalue weighted by molar-refractivity contribution is 9.10. The Hall–Kier alpha value is -2.01. The van der Waals surface area contributed by atoms with Gasteiger partial charge >= 0.3 is 6.03 Å². The minimum Gasteiger partial charge on any atom is -0.506 e. The van der Waals surface area contributed by atoms with Crippen molar-refractivity contribution in [1.82, 2.24) is 5.32 Å². The maximum absolute atomic E-state index is 11.8. The predicted octanol–water partition coefficient (Wildman–Crippen LogP) is 3.83. The Labute approximate surface area is 132 Å². The first-order valence-electron chi connectivity index (χ1n) is 6.64. The van der Waals surface area contributed by atoms with Crippen LogP contribution in [0.1, 0.15) is 11.1 Å². The van der Waals surface area contributed by atoms with Crippen LogP contribution in [-0.2, 0) is 6.42 Å². The third-order valence-electron chi connectivity index (χ3n) is 3.04. The molecule has 110 valence electrons. The number of hydrogen-bond donors (Lipinski definition) is 3. The molecule has 0 aliphatic heterocycles. The zero-order valence-corrected chi connectivity index (χ0v) is 13.3. The predicted molar refractivity (Wildman–Crippen MR) is 87.7 cm³/mol. The van der Waals surface area contributed by atoms with Crippen LogP contribution in [0.5, 0.6) is 5.75 Å². The summed E-state index contributed by atoms with van der Waals surface area (Å²) >= 11 is 3.47. The van der Waals surface area contributed by atoms with E-state index in [-0.39, 0.29) is 11.8 Å². The number of carbonyl (C=O) groups excluding carboxylic acids is 1. The van der Waals surface area contributed by atoms with Crippen molar-refractivity contribution in [2.75, 3.05) is 11.9 Å². The minimum absolute atomic E-state index is 0.0657. The number of aromatic hydroxyl groups is 1. The zero-order chi connectivity index (χ0) is 15.2. The van der Waals surface area contributed by atoms with Crippen molar-refractivity contribution in [2.45, 2.75) is 13.3 Å². The molecule has 3 N–H and O–H groups in total. The van der Waals surface area contributed by atoms with Crippen molar-refractivity contribution in [3.8, 4) is 5.75 Å². The molecule has 2 amide bonds. The normalized spacial score (nSPS) is 10.2. The number of phenols is 1. The molecule has 0 atom stereocenters. The molecule has 0 saturated heterocycles. The van der Waals surface area contributed by atoms with Gasteiger partial charge < -0.3 is 15.7 Å². The molecule has 0 radical (unpaired) electrons. The van der Waals surface area contributed by atoms with Crippen molar-refractivity contribution in [1.29, 1.82) is 0 Å². The van der Waals surface area contributed by atoms with Gasteiger partial charge in [0.05, 0.1) is 5.69 Å². The summed E-state index contributed by atoms with van der Waals surface area (Å²) in [7, 11) is 0. The largest absolute Gasteiger partial charge is 0.506 e. The first-order chi connectivity index (χ1) is 10.1. The second kappa shape index (κ2) is 7.13. The Kier molecular flexibility index (Phi) is 5.22. The van der Waals surface area contributed by atoms with E-state index >= 15 is 0 Å². The lowest BCUT2D eigenvalue weighted by atomic mass is 10.1. The lowest BCUT2D eigenvalue weighted by Crippen LogP contribution is -2.30. The number of halogens is 1. The number of carbonyl (C=O) groups is 1. The van der Waals surface area contributed by atoms with Gasteiger partial charge in [-0.3, -0.25) is 0 Å². The van der Waals surface area contributed by atoms with Crippen molar-refractivity contribution < 1.29 is 9.90 Å². The van der Waals surface area contributed by atoms with Crippen molar-refractivity contribution in [3.05, 3.63) is 58.1 Å². The molecule has 0 fully saturated rings. The summed E-state index contributed by atoms with van der Waals surface area (Å²) in [6.45, 7) is 2.39. The smallest absolute Gasteiger partial charge is 0.319 e. The standard InChI is InChI=1S/C16H17BrN2O2/c1-11-6-7-14(15(20)10-11)19-16(21)18-9-8-12-4-2-3-5-13(12)17/h2-7,10,20H,8-9H2,1H3,(H2,18,19,21). The second-order valence-corrected chi connectivity index (χ2v) is 5.60. The van der Waals surface area contributed by atoms with Gasteiger partial charge in [0.1, 0.15) is 5.75 Å². The first kappa shape index (κ1) is 15.4. The van der Waals surface area contributed by atoms with Crippen LogP contribution in [-0.4, -0.2) is 17.7 Å². The van der Waals surface area contributed by atoms with Crippen LogP contribution in [0.25, 0.3) is 0 Å². The van der Waals surface area contributed by atoms with Crippen LogP contribution in [0.2, 0.25) is 0 Å². The quantitative estimate of drug-likeness (QED) is 0.735. The third-order valence-corrected chi connectivity index (χ3v) is 3.81. The Morgan fingerprint density at radius 2 is 2.00 bits per heavy atom. The molecule has 4 nitrogen and oxygen atoms in total. The van der Waals surface area contributed by atoms with E-state index in [1.54, 1.807) is 12.1 Å². The van der Waals surface area contributed by atoms with Crippen LogP contribution in [0, 0.1) is 6.92 Å². The molecule has 0 bridgehead atoms. The van der Waals surface area contributed by atoms with Crippen LogP contribution in [0.4, 0.5) is 10.5 Å². The van der Waals surface area contributed by atoms with Gasteiger partial charge in [-0.15, -0.1) is 0 Å². The molecule has 0 aromatic heterocycles. The minimum atomic E-state index is -0.332. The van der Waals surface area contributed by atoms with Crippen LogP contribution >= 0.6 is 15.9 Å². The molecule has 2 aromatic rings. The van der Waals surface area contributed by atoms with Gasteiger partial charge in [-0.05, 0) is 42.7 Å². The average Bonchev–Trinajstić information content (AvgIpc) is 2.44. The van der Waals surface area contributed by atoms with E-state index in [2.05, 4.69) is 26.6 Å². The third kappa shape index (κ3) is 4.49. The summed E-state index contributed by atoms with van der Waals surface area (Å²) in [6, 6.07) is 12.7. The van der Waals surface area contributed by atoms with Gasteiger partial charge in [0.2, 0.25) is 0 Å². The lowest BCUT2D eigenvalue weighted by Gasteiger charge is -2.10. The molecule has 2 rings (SSSR count). The number of rotatable bonds is 4. The maximum atomic E-state index is 11.8. The monoisotopic (exact) mass is 348 g/mol. The summed E-state index contributed by atoms with van der Waals surface area (Å²) in [5, 5.41) is 15.1. The van der Waals surface area contributed by atoms with E-state index in [4.69, 9.17) is 0 Å². The Bertz CT molecular complexity index is 644. The van der Waals surface area contributed by atoms with E-state index in [9.17, 15) is 9.90 Å². The van der Waals surface area contributed by atoms with E-state index in [0.717, 1.165) is 22.0 Å². The number of hydrogen-bond acceptors (Lipinski definition) is 2. The number of amides is 2. The molecule has 5 heteroatoms. The molecule has 0 saturated carbocycles. The molecule has 21 heavy (non-hydrogen) atoms. The van der Waals surface area contributed by atoms with E-state index in [1.165, 1.54) is 0 Å². The molecule has 0 heterocycles. The van der Waals surface area contributed by atoms with Gasteiger partial charge in [-0.25, -0.2) is 4.79 Å². The van der Waals surface area contributed by atoms with E-state index < -0.39 is 0 Å². The Morgan fingerprint density at radius 3 is 2.71 bits per heavy atom. The Morgan fingerprint density at radius 1 is 1.24 bits per heavy atom. The van der Waals surface area contributed by atoms with Gasteiger partial charge in [0.15, 0.2) is 0 Å². The molecule has 2 aromatic carbocycles. The van der Waals surface area contributed by atoms with Gasteiger partial charge in [0.25, 0.3) is 0 Å². The SMILES string of the molecule is Cc1ccc(NC(=O)NCCc2ccccc2Br)c(O)c1. The number of phenolic OH excluding ortho intramolecular Hbond substituents is 1. The highest BCUT2D eigenvalue weighted by Crippen LogP contribution is 2.23. The van der Waals surface area contributed by atoms with E-state index in [1.807, 2.05) is 37.3 Å². The average molecular weight is 349 g/mol. The summed E-state index contributed by atoms with van der Waals surface area (Å²) in [5.74, 6) is 0.0657. The maximum Gasteiger partial charge on any atom is 0.319 e. The molecule has 0 aliphatic carbocycles. The summed E-state index contributed by atoms with van der Waals surface area (Å²) in [5.41, 5.74) is 2.47. The van der Waals surface area contributed by atoms with Crippen molar-refractivity contribution in [3.63, 3.8) is 0 Å². The molecular weight excluding hydrogens is 332 g/mol. The number of benzene rings is 2. The van der Waals surface area contributed by atoms with Crippen LogP contribution < -0.4 is 10.6 Å². The fraction of sp³-hybridized carbons (Fsp3) is 0.188. The number of nitrogens with one attached hydrogen (secondary N) is 2. The Balaban J connectivity index is 1.84. The van der Waals surface area contributed by atoms with Gasteiger partial charge in [-0.1, -0.05) is 40.2 Å². The lowest BCUT2D eigenvalue weighted by molar-refractivity contribution is 0.252. The number of urea groups is 1. The van der Waals surface area contributed by atoms with Crippen molar-refractivity contribution in [2.24, 2.45) is 0 Å². The summed E-state index contributed by atoms with van der Waals surface area (Å²) in [6.07, 6.45) is 0.731. The fourth-order valence-corrected chi connectivity index (χ4v) is 2.41. The zero-order valence-electron chi connectivity index (χ0n) is 11.7. The summed E-state index contributed by atoms with van der Waals surface area (Å²) < 4.78 is 1.03. The molecule has 0 aliphatic rings. The van der Waals surface area contributed by atoms with Crippen molar-refractivity contribution >= 4 is 27.6 Å². The van der Waals surface area contributed by atoms with Crippen LogP contribution in [0.15, 0.2) is 46.9 Å². The van der Waals surface area contributed by atoms with E-state index in [0.29, 0.717) is 12.2 Å². The topological polar surface area (TPSA) is 61.4 Å². The first-order valence-corrected chi connectivity index (χ1v) is 7.43. The molecule has 0 unspecified atom stereocenters. The van der Waals surface area contributed by atoms with Crippen LogP contribution in [0.3, 0.4) is 0 Å². The fourth-order valence-electron chi connectivity index (χ4n) is 1.93. The molecular formula is C16H17BrN2O2. The highest BCUT2D eigenvalue weighted by Gasteiger charge is 2.06. The highest BCUT2D eigenvalue weighted by atomic mass is 79.9. The second-order valence-electron chi connectivity index (χ2n) is 4.74. The summed E-state index contributed by atoms with van der Waals surface area (Å²) in [4.78, 5) is 11.8. The molecule has 0 spiro atoms. The number of anilines is 1. The van der Waals surface area contributed by atoms with Gasteiger partial charge in [0, 0.05) is 11.0 Å². The van der Waals surface area contributed by atoms with Gasteiger partial charge in [-0.2, -0.15) is 0 Å². The number of aryl methyl sites for hydroxylation is 1.